The number of hydrogen-bond acceptors (Lipinski definition) is 3. The molecule has 1 heterocycles. The molecule has 0 bridgehead atoms. The fraction of sp³-hybridized carbons (Fsp3) is 0.316. The van der Waals surface area contributed by atoms with Gasteiger partial charge in [-0.05, 0) is 42.8 Å². The van der Waals surface area contributed by atoms with Crippen LogP contribution in [0.4, 0.5) is 4.39 Å². The number of nitrogens with zero attached hydrogens (tertiary/aromatic N) is 1. The molecule has 0 aromatic heterocycles. The SMILES string of the molecule is CN(C(=O)c1ccccc1OCc1ccc(F)cc1)[C@@H]1CCNC1. The van der Waals surface area contributed by atoms with Crippen LogP contribution in [0.25, 0.3) is 0 Å². The van der Waals surface area contributed by atoms with Gasteiger partial charge in [0.25, 0.3) is 5.91 Å². The number of carbonyl (C=O) groups excluding carboxylic acids is 1. The molecular weight excluding hydrogens is 307 g/mol. The second kappa shape index (κ2) is 7.45. The Bertz CT molecular complexity index is 697. The Morgan fingerprint density at radius 1 is 1.25 bits per heavy atom. The zero-order valence-electron chi connectivity index (χ0n) is 13.7. The Kier molecular flexibility index (Phi) is 5.11. The van der Waals surface area contributed by atoms with Gasteiger partial charge < -0.3 is 15.0 Å². The highest BCUT2D eigenvalue weighted by Crippen LogP contribution is 2.22. The summed E-state index contributed by atoms with van der Waals surface area (Å²) >= 11 is 0. The summed E-state index contributed by atoms with van der Waals surface area (Å²) in [5, 5.41) is 3.27. The fourth-order valence-corrected chi connectivity index (χ4v) is 2.84. The summed E-state index contributed by atoms with van der Waals surface area (Å²) in [4.78, 5) is 14.6. The Morgan fingerprint density at radius 3 is 2.71 bits per heavy atom. The molecule has 1 aliphatic heterocycles. The lowest BCUT2D eigenvalue weighted by atomic mass is 10.1. The number of para-hydroxylation sites is 1. The molecule has 0 unspecified atom stereocenters. The highest BCUT2D eigenvalue weighted by Gasteiger charge is 2.25. The van der Waals surface area contributed by atoms with Crippen molar-refractivity contribution in [2.24, 2.45) is 0 Å². The van der Waals surface area contributed by atoms with Crippen LogP contribution < -0.4 is 10.1 Å². The average Bonchev–Trinajstić information content (AvgIpc) is 3.15. The topological polar surface area (TPSA) is 41.6 Å². The third-order valence-corrected chi connectivity index (χ3v) is 4.33. The van der Waals surface area contributed by atoms with Crippen LogP contribution in [0.2, 0.25) is 0 Å². The lowest BCUT2D eigenvalue weighted by Crippen LogP contribution is -2.38. The van der Waals surface area contributed by atoms with Crippen molar-refractivity contribution in [3.8, 4) is 5.75 Å². The first-order valence-corrected chi connectivity index (χ1v) is 8.09. The van der Waals surface area contributed by atoms with Gasteiger partial charge in [-0.15, -0.1) is 0 Å². The maximum absolute atomic E-state index is 13.0. The number of amides is 1. The first kappa shape index (κ1) is 16.5. The van der Waals surface area contributed by atoms with Gasteiger partial charge in [0.15, 0.2) is 0 Å². The van der Waals surface area contributed by atoms with Crippen molar-refractivity contribution < 1.29 is 13.9 Å². The van der Waals surface area contributed by atoms with E-state index >= 15 is 0 Å². The van der Waals surface area contributed by atoms with E-state index in [9.17, 15) is 9.18 Å². The van der Waals surface area contributed by atoms with E-state index in [0.29, 0.717) is 17.9 Å². The molecule has 5 heteroatoms. The van der Waals surface area contributed by atoms with Gasteiger partial charge in [-0.1, -0.05) is 24.3 Å². The van der Waals surface area contributed by atoms with Crippen LogP contribution in [-0.2, 0) is 6.61 Å². The fourth-order valence-electron chi connectivity index (χ4n) is 2.84. The largest absolute Gasteiger partial charge is 0.488 e. The second-order valence-corrected chi connectivity index (χ2v) is 5.97. The van der Waals surface area contributed by atoms with Crippen molar-refractivity contribution in [1.82, 2.24) is 10.2 Å². The predicted octanol–water partition coefficient (Wildman–Crippen LogP) is 2.84. The third kappa shape index (κ3) is 3.74. The van der Waals surface area contributed by atoms with E-state index in [2.05, 4.69) is 5.32 Å². The molecule has 1 amide bonds. The maximum Gasteiger partial charge on any atom is 0.257 e. The van der Waals surface area contributed by atoms with E-state index in [1.165, 1.54) is 12.1 Å². The van der Waals surface area contributed by atoms with Crippen LogP contribution in [0.15, 0.2) is 48.5 Å². The Hall–Kier alpha value is -2.40. The van der Waals surface area contributed by atoms with Crippen molar-refractivity contribution in [3.63, 3.8) is 0 Å². The Labute approximate surface area is 141 Å². The first-order valence-electron chi connectivity index (χ1n) is 8.09. The van der Waals surface area contributed by atoms with Gasteiger partial charge in [-0.3, -0.25) is 4.79 Å². The molecule has 1 aliphatic rings. The number of likely N-dealkylation sites (N-methyl/N-ethyl adjacent to an activating group) is 1. The van der Waals surface area contributed by atoms with Crippen LogP contribution in [0.5, 0.6) is 5.75 Å². The van der Waals surface area contributed by atoms with Crippen molar-refractivity contribution in [2.75, 3.05) is 20.1 Å². The number of hydrogen-bond donors (Lipinski definition) is 1. The normalized spacial score (nSPS) is 16.8. The van der Waals surface area contributed by atoms with E-state index in [1.54, 1.807) is 29.2 Å². The summed E-state index contributed by atoms with van der Waals surface area (Å²) in [6.07, 6.45) is 0.959. The molecule has 0 saturated carbocycles. The van der Waals surface area contributed by atoms with Gasteiger partial charge in [0.1, 0.15) is 18.2 Å². The zero-order chi connectivity index (χ0) is 16.9. The van der Waals surface area contributed by atoms with Crippen LogP contribution in [0, 0.1) is 5.82 Å². The smallest absolute Gasteiger partial charge is 0.257 e. The maximum atomic E-state index is 13.0. The van der Waals surface area contributed by atoms with Crippen molar-refractivity contribution in [1.29, 1.82) is 0 Å². The number of halogens is 1. The highest BCUT2D eigenvalue weighted by molar-refractivity contribution is 5.97. The zero-order valence-corrected chi connectivity index (χ0v) is 13.7. The first-order chi connectivity index (χ1) is 11.6. The molecule has 1 atom stereocenters. The van der Waals surface area contributed by atoms with E-state index < -0.39 is 0 Å². The van der Waals surface area contributed by atoms with Gasteiger partial charge in [0, 0.05) is 19.6 Å². The lowest BCUT2D eigenvalue weighted by molar-refractivity contribution is 0.0739. The molecule has 126 valence electrons. The summed E-state index contributed by atoms with van der Waals surface area (Å²) in [5.74, 6) is 0.226. The average molecular weight is 328 g/mol. The molecule has 0 radical (unpaired) electrons. The molecule has 2 aromatic carbocycles. The van der Waals surface area contributed by atoms with Crippen molar-refractivity contribution in [2.45, 2.75) is 19.1 Å². The van der Waals surface area contributed by atoms with Crippen LogP contribution in [0.3, 0.4) is 0 Å². The van der Waals surface area contributed by atoms with Crippen LogP contribution in [0.1, 0.15) is 22.3 Å². The molecule has 0 spiro atoms. The summed E-state index contributed by atoms with van der Waals surface area (Å²) in [7, 11) is 1.83. The van der Waals surface area contributed by atoms with Gasteiger partial charge in [0.2, 0.25) is 0 Å². The molecule has 2 aromatic rings. The van der Waals surface area contributed by atoms with Gasteiger partial charge in [-0.2, -0.15) is 0 Å². The number of rotatable bonds is 5. The minimum absolute atomic E-state index is 0.0431. The molecule has 1 N–H and O–H groups in total. The van der Waals surface area contributed by atoms with E-state index in [1.807, 2.05) is 19.2 Å². The van der Waals surface area contributed by atoms with Crippen LogP contribution in [-0.4, -0.2) is 37.0 Å². The van der Waals surface area contributed by atoms with Gasteiger partial charge >= 0.3 is 0 Å². The molecule has 24 heavy (non-hydrogen) atoms. The molecule has 1 saturated heterocycles. The predicted molar refractivity (Wildman–Crippen MR) is 90.5 cm³/mol. The van der Waals surface area contributed by atoms with Gasteiger partial charge in [0.05, 0.1) is 5.56 Å². The van der Waals surface area contributed by atoms with E-state index in [0.717, 1.165) is 25.1 Å². The van der Waals surface area contributed by atoms with Crippen LogP contribution >= 0.6 is 0 Å². The van der Waals surface area contributed by atoms with Crippen molar-refractivity contribution in [3.05, 3.63) is 65.5 Å². The molecule has 1 fully saturated rings. The molecule has 4 nitrogen and oxygen atoms in total. The van der Waals surface area contributed by atoms with Gasteiger partial charge in [-0.25, -0.2) is 4.39 Å². The Balaban J connectivity index is 1.72. The molecule has 0 aliphatic carbocycles. The Morgan fingerprint density at radius 2 is 2.00 bits per heavy atom. The summed E-state index contributed by atoms with van der Waals surface area (Å²) in [6.45, 7) is 2.05. The number of ether oxygens (including phenoxy) is 1. The van der Waals surface area contributed by atoms with Crippen molar-refractivity contribution >= 4 is 5.91 Å². The lowest BCUT2D eigenvalue weighted by Gasteiger charge is -2.24. The molecular formula is C19H21FN2O2. The number of benzene rings is 2. The summed E-state index contributed by atoms with van der Waals surface area (Å²) < 4.78 is 18.8. The van der Waals surface area contributed by atoms with E-state index in [4.69, 9.17) is 4.74 Å². The number of nitrogens with one attached hydrogen (secondary N) is 1. The quantitative estimate of drug-likeness (QED) is 0.918. The van der Waals surface area contributed by atoms with E-state index in [-0.39, 0.29) is 17.8 Å². The minimum atomic E-state index is -0.277. The molecule has 3 rings (SSSR count). The standard InChI is InChI=1S/C19H21FN2O2/c1-22(16-10-11-21-12-16)19(23)17-4-2-3-5-18(17)24-13-14-6-8-15(20)9-7-14/h2-9,16,21H,10-13H2,1H3/t16-/m1/s1. The minimum Gasteiger partial charge on any atom is -0.488 e. The highest BCUT2D eigenvalue weighted by atomic mass is 19.1. The second-order valence-electron chi connectivity index (χ2n) is 5.97. The monoisotopic (exact) mass is 328 g/mol. The summed E-state index contributed by atoms with van der Waals surface area (Å²) in [6, 6.07) is 13.6. The number of carbonyl (C=O) groups is 1. The summed E-state index contributed by atoms with van der Waals surface area (Å²) in [5.41, 5.74) is 1.40. The third-order valence-electron chi connectivity index (χ3n) is 4.33.